The highest BCUT2D eigenvalue weighted by molar-refractivity contribution is 7.95. The number of para-hydroxylation sites is 2. The van der Waals surface area contributed by atoms with Crippen LogP contribution < -0.4 is 41.6 Å². The topological polar surface area (TPSA) is 6.48 Å². The SMILES string of the molecule is CN1c2ccccc2P(c2ccccc2)c2ccc3c(c2N(C)c2c(ccc4c2CC=C4)[P+](C)(c2ccccc2)c2ccccc21)C=CC3. The van der Waals surface area contributed by atoms with Crippen molar-refractivity contribution in [3.05, 3.63) is 168 Å². The van der Waals surface area contributed by atoms with Gasteiger partial charge in [0.1, 0.15) is 23.2 Å². The molecule has 0 amide bonds. The first-order chi connectivity index (χ1) is 24.1. The maximum absolute atomic E-state index is 2.61. The van der Waals surface area contributed by atoms with E-state index in [0.29, 0.717) is 0 Å². The Morgan fingerprint density at radius 1 is 0.551 bits per heavy atom. The molecule has 0 aromatic heterocycles. The van der Waals surface area contributed by atoms with Gasteiger partial charge in [0.15, 0.2) is 0 Å². The van der Waals surface area contributed by atoms with Crippen molar-refractivity contribution in [1.82, 2.24) is 0 Å². The highest BCUT2D eigenvalue weighted by atomic mass is 31.2. The molecule has 0 saturated heterocycles. The number of rotatable bonds is 2. The third kappa shape index (κ3) is 4.69. The summed E-state index contributed by atoms with van der Waals surface area (Å²) >= 11 is 0. The van der Waals surface area contributed by atoms with Gasteiger partial charge in [0, 0.05) is 36.0 Å². The van der Waals surface area contributed by atoms with E-state index < -0.39 is 15.2 Å². The smallest absolute Gasteiger partial charge is 0.128 e. The second-order valence-electron chi connectivity index (χ2n) is 13.3. The third-order valence-electron chi connectivity index (χ3n) is 10.7. The van der Waals surface area contributed by atoms with Crippen LogP contribution >= 0.6 is 15.2 Å². The lowest BCUT2D eigenvalue weighted by atomic mass is 10.0. The van der Waals surface area contributed by atoms with Gasteiger partial charge < -0.3 is 9.80 Å². The van der Waals surface area contributed by atoms with Crippen LogP contribution in [0.25, 0.3) is 12.2 Å². The van der Waals surface area contributed by atoms with Crippen molar-refractivity contribution in [2.45, 2.75) is 12.8 Å². The summed E-state index contributed by atoms with van der Waals surface area (Å²) in [6.07, 6.45) is 11.3. The monoisotopic (exact) mass is 669 g/mol. The van der Waals surface area contributed by atoms with Crippen LogP contribution in [0.15, 0.2) is 146 Å². The summed E-state index contributed by atoms with van der Waals surface area (Å²) in [5, 5.41) is 8.37. The largest absolute Gasteiger partial charge is 0.341 e. The molecule has 0 bridgehead atoms. The Bertz CT molecular complexity index is 2290. The summed E-state index contributed by atoms with van der Waals surface area (Å²) < 4.78 is 0. The number of nitrogens with zero attached hydrogens (tertiary/aromatic N) is 2. The zero-order valence-electron chi connectivity index (χ0n) is 28.2. The van der Waals surface area contributed by atoms with E-state index in [-0.39, 0.29) is 0 Å². The average Bonchev–Trinajstić information content (AvgIpc) is 3.85. The van der Waals surface area contributed by atoms with E-state index in [9.17, 15) is 0 Å². The number of hydrogen-bond acceptors (Lipinski definition) is 2. The molecule has 2 unspecified atom stereocenters. The van der Waals surface area contributed by atoms with Crippen LogP contribution in [0.1, 0.15) is 22.3 Å². The van der Waals surface area contributed by atoms with Gasteiger partial charge in [0.2, 0.25) is 0 Å². The maximum Gasteiger partial charge on any atom is 0.128 e. The van der Waals surface area contributed by atoms with Crippen LogP contribution in [0.5, 0.6) is 0 Å². The molecule has 0 radical (unpaired) electrons. The molecule has 6 aromatic rings. The van der Waals surface area contributed by atoms with Crippen LogP contribution in [0.2, 0.25) is 0 Å². The number of allylic oxidation sites excluding steroid dienone is 2. The zero-order chi connectivity index (χ0) is 33.1. The highest BCUT2D eigenvalue weighted by Gasteiger charge is 2.47. The molecule has 9 rings (SSSR count). The third-order valence-corrected chi connectivity index (χ3v) is 17.2. The summed E-state index contributed by atoms with van der Waals surface area (Å²) in [5.74, 6) is 0. The normalized spacial score (nSPS) is 18.8. The molecule has 4 heteroatoms. The van der Waals surface area contributed by atoms with Gasteiger partial charge in [-0.1, -0.05) is 121 Å². The molecule has 0 spiro atoms. The Labute approximate surface area is 292 Å². The average molecular weight is 670 g/mol. The molecule has 1 aliphatic heterocycles. The fourth-order valence-corrected chi connectivity index (χ4v) is 14.7. The molecule has 0 N–H and O–H groups in total. The molecule has 2 aliphatic carbocycles. The number of fused-ring (bicyclic) bond motifs is 8. The Kier molecular flexibility index (Phi) is 7.42. The summed E-state index contributed by atoms with van der Waals surface area (Å²) in [6.45, 7) is 2.56. The van der Waals surface area contributed by atoms with Gasteiger partial charge in [-0.15, -0.1) is 0 Å². The second-order valence-corrected chi connectivity index (χ2v) is 19.0. The highest BCUT2D eigenvalue weighted by Crippen LogP contribution is 2.58. The van der Waals surface area contributed by atoms with Crippen molar-refractivity contribution < 1.29 is 0 Å². The van der Waals surface area contributed by atoms with Gasteiger partial charge in [-0.3, -0.25) is 0 Å². The molecule has 2 atom stereocenters. The quantitative estimate of drug-likeness (QED) is 0.171. The standard InChI is InChI=1S/C45H39N2P2/c1-46-38-24-10-12-26-40(38)48(34-18-6-4-7-19-34)41-30-28-32-16-14-22-36(32)44(41)47(2)45-37-23-15-17-33(37)29-31-43(45)49(3,35-20-8-5-9-21-35)42-27-13-11-25-39(42)46/h4-15,17-22,24-31H,16,23H2,1-3H3/q+1. The molecular formula is C45H39N2P2+. The zero-order valence-corrected chi connectivity index (χ0v) is 30.0. The maximum atomic E-state index is 2.61. The Morgan fingerprint density at radius 3 is 2.06 bits per heavy atom. The van der Waals surface area contributed by atoms with Crippen molar-refractivity contribution in [3.63, 3.8) is 0 Å². The minimum Gasteiger partial charge on any atom is -0.341 e. The van der Waals surface area contributed by atoms with E-state index in [1.807, 2.05) is 0 Å². The van der Waals surface area contributed by atoms with Crippen molar-refractivity contribution in [1.29, 1.82) is 0 Å². The minimum atomic E-state index is -2.20. The first-order valence-electron chi connectivity index (χ1n) is 17.1. The fourth-order valence-electron chi connectivity index (χ4n) is 8.31. The predicted octanol–water partition coefficient (Wildman–Crippen LogP) is 8.36. The lowest BCUT2D eigenvalue weighted by Crippen LogP contribution is -2.38. The molecule has 3 aliphatic rings. The van der Waals surface area contributed by atoms with Crippen LogP contribution in [0.4, 0.5) is 22.7 Å². The van der Waals surface area contributed by atoms with Gasteiger partial charge in [-0.05, 0) is 79.2 Å². The van der Waals surface area contributed by atoms with Crippen molar-refractivity contribution in [2.24, 2.45) is 0 Å². The van der Waals surface area contributed by atoms with E-state index in [1.165, 1.54) is 76.8 Å². The van der Waals surface area contributed by atoms with E-state index in [1.54, 1.807) is 0 Å². The van der Waals surface area contributed by atoms with Crippen LogP contribution in [-0.4, -0.2) is 20.8 Å². The van der Waals surface area contributed by atoms with E-state index in [2.05, 4.69) is 188 Å². The first kappa shape index (κ1) is 30.3. The van der Waals surface area contributed by atoms with Crippen LogP contribution in [0.3, 0.4) is 0 Å². The molecule has 0 saturated carbocycles. The fraction of sp³-hybridized carbons (Fsp3) is 0.111. The lowest BCUT2D eigenvalue weighted by Gasteiger charge is -2.37. The van der Waals surface area contributed by atoms with Crippen molar-refractivity contribution in [3.8, 4) is 0 Å². The van der Waals surface area contributed by atoms with Crippen molar-refractivity contribution >= 4 is 81.9 Å². The molecule has 0 fully saturated rings. The number of benzene rings is 6. The van der Waals surface area contributed by atoms with E-state index in [0.717, 1.165) is 12.8 Å². The molecular weight excluding hydrogens is 630 g/mol. The minimum absolute atomic E-state index is 0.927. The Hall–Kier alpha value is -4.74. The van der Waals surface area contributed by atoms with Gasteiger partial charge >= 0.3 is 0 Å². The summed E-state index contributed by atoms with van der Waals surface area (Å²) in [7, 11) is 1.51. The van der Waals surface area contributed by atoms with E-state index in [4.69, 9.17) is 0 Å². The van der Waals surface area contributed by atoms with Gasteiger partial charge in [0.25, 0.3) is 0 Å². The lowest BCUT2D eigenvalue weighted by molar-refractivity contribution is 1.16. The molecule has 1 heterocycles. The van der Waals surface area contributed by atoms with Crippen molar-refractivity contribution in [2.75, 3.05) is 30.6 Å². The van der Waals surface area contributed by atoms with Gasteiger partial charge in [-0.25, -0.2) is 0 Å². The molecule has 238 valence electrons. The second kappa shape index (κ2) is 12.0. The van der Waals surface area contributed by atoms with E-state index >= 15 is 0 Å². The predicted molar refractivity (Wildman–Crippen MR) is 218 cm³/mol. The van der Waals surface area contributed by atoms with Crippen LogP contribution in [-0.2, 0) is 12.8 Å². The summed E-state index contributed by atoms with van der Waals surface area (Å²) in [4.78, 5) is 5.10. The number of anilines is 4. The van der Waals surface area contributed by atoms with Crippen LogP contribution in [0, 0.1) is 0 Å². The van der Waals surface area contributed by atoms with Gasteiger partial charge in [-0.2, -0.15) is 0 Å². The Balaban J connectivity index is 1.47. The van der Waals surface area contributed by atoms with Gasteiger partial charge in [0.05, 0.1) is 23.7 Å². The summed E-state index contributed by atoms with van der Waals surface area (Å²) in [5.41, 5.74) is 10.8. The molecule has 2 nitrogen and oxygen atoms in total. The first-order valence-corrected chi connectivity index (χ1v) is 20.7. The summed E-state index contributed by atoms with van der Waals surface area (Å²) in [6, 6.07) is 50.6. The Morgan fingerprint density at radius 2 is 1.24 bits per heavy atom. The molecule has 49 heavy (non-hydrogen) atoms. The molecule has 6 aromatic carbocycles. The number of hydrogen-bond donors (Lipinski definition) is 0.